The van der Waals surface area contributed by atoms with Gasteiger partial charge in [0.05, 0.1) is 25.9 Å². The standard InChI is InChI=1S/C16H30N2O4/c19-16(17-7-10-20-12-14-4-1-2-5-14)18-8-11-21-13-15-6-3-9-22-15/h14-15H,1-13H2,(H2,17,18,19). The maximum atomic E-state index is 11.5. The predicted octanol–water partition coefficient (Wildman–Crippen LogP) is 1.69. The Morgan fingerprint density at radius 1 is 0.955 bits per heavy atom. The van der Waals surface area contributed by atoms with Crippen molar-refractivity contribution in [2.24, 2.45) is 5.92 Å². The van der Waals surface area contributed by atoms with E-state index in [9.17, 15) is 4.79 Å². The number of hydrogen-bond donors (Lipinski definition) is 2. The summed E-state index contributed by atoms with van der Waals surface area (Å²) in [4.78, 5) is 11.5. The Kier molecular flexibility index (Phi) is 8.60. The van der Waals surface area contributed by atoms with Gasteiger partial charge >= 0.3 is 6.03 Å². The van der Waals surface area contributed by atoms with Crippen molar-refractivity contribution in [2.45, 2.75) is 44.6 Å². The van der Waals surface area contributed by atoms with Gasteiger partial charge in [-0.1, -0.05) is 12.8 Å². The van der Waals surface area contributed by atoms with Gasteiger partial charge in [0.2, 0.25) is 0 Å². The van der Waals surface area contributed by atoms with Crippen LogP contribution < -0.4 is 10.6 Å². The average molecular weight is 314 g/mol. The first-order valence-electron chi connectivity index (χ1n) is 8.63. The summed E-state index contributed by atoms with van der Waals surface area (Å²) in [6.45, 7) is 4.47. The molecule has 2 amide bonds. The van der Waals surface area contributed by atoms with Crippen molar-refractivity contribution in [3.05, 3.63) is 0 Å². The highest BCUT2D eigenvalue weighted by Crippen LogP contribution is 2.24. The zero-order valence-electron chi connectivity index (χ0n) is 13.5. The van der Waals surface area contributed by atoms with Crippen molar-refractivity contribution in [3.8, 4) is 0 Å². The lowest BCUT2D eigenvalue weighted by molar-refractivity contribution is 0.0188. The van der Waals surface area contributed by atoms with Crippen LogP contribution in [0.2, 0.25) is 0 Å². The fraction of sp³-hybridized carbons (Fsp3) is 0.938. The Bertz CT molecular complexity index is 275. The summed E-state index contributed by atoms with van der Waals surface area (Å²) >= 11 is 0. The van der Waals surface area contributed by atoms with Crippen LogP contribution in [0, 0.1) is 5.92 Å². The first kappa shape index (κ1) is 17.5. The molecule has 0 aromatic carbocycles. The van der Waals surface area contributed by atoms with E-state index in [-0.39, 0.29) is 12.1 Å². The number of urea groups is 1. The normalized spacial score (nSPS) is 22.1. The van der Waals surface area contributed by atoms with Crippen molar-refractivity contribution < 1.29 is 19.0 Å². The molecule has 1 saturated carbocycles. The molecule has 6 heteroatoms. The van der Waals surface area contributed by atoms with Crippen LogP contribution in [0.15, 0.2) is 0 Å². The van der Waals surface area contributed by atoms with Crippen molar-refractivity contribution in [1.82, 2.24) is 10.6 Å². The molecular weight excluding hydrogens is 284 g/mol. The summed E-state index contributed by atoms with van der Waals surface area (Å²) in [6, 6.07) is -0.162. The van der Waals surface area contributed by atoms with Crippen molar-refractivity contribution in [2.75, 3.05) is 46.1 Å². The molecule has 2 N–H and O–H groups in total. The fourth-order valence-corrected chi connectivity index (χ4v) is 2.95. The number of rotatable bonds is 10. The van der Waals surface area contributed by atoms with Crippen LogP contribution in [0.3, 0.4) is 0 Å². The van der Waals surface area contributed by atoms with Crippen molar-refractivity contribution >= 4 is 6.03 Å². The van der Waals surface area contributed by atoms with Gasteiger partial charge in [-0.2, -0.15) is 0 Å². The maximum absolute atomic E-state index is 11.5. The van der Waals surface area contributed by atoms with Gasteiger partial charge in [-0.15, -0.1) is 0 Å². The molecule has 1 saturated heterocycles. The van der Waals surface area contributed by atoms with E-state index >= 15 is 0 Å². The number of ether oxygens (including phenoxy) is 3. The first-order chi connectivity index (χ1) is 10.8. The lowest BCUT2D eigenvalue weighted by Gasteiger charge is -2.12. The van der Waals surface area contributed by atoms with Gasteiger partial charge in [-0.25, -0.2) is 4.79 Å². The average Bonchev–Trinajstić information content (AvgIpc) is 3.19. The monoisotopic (exact) mass is 314 g/mol. The topological polar surface area (TPSA) is 68.8 Å². The molecule has 128 valence electrons. The van der Waals surface area contributed by atoms with Gasteiger partial charge in [0.25, 0.3) is 0 Å². The van der Waals surface area contributed by atoms with Crippen molar-refractivity contribution in [1.29, 1.82) is 0 Å². The summed E-state index contributed by atoms with van der Waals surface area (Å²) in [5.74, 6) is 0.731. The highest BCUT2D eigenvalue weighted by Gasteiger charge is 2.15. The van der Waals surface area contributed by atoms with E-state index in [4.69, 9.17) is 14.2 Å². The predicted molar refractivity (Wildman–Crippen MR) is 84.0 cm³/mol. The number of nitrogens with one attached hydrogen (secondary N) is 2. The second-order valence-corrected chi connectivity index (χ2v) is 6.12. The molecule has 1 heterocycles. The molecule has 1 atom stereocenters. The summed E-state index contributed by atoms with van der Waals surface area (Å²) in [6.07, 6.45) is 7.70. The summed E-state index contributed by atoms with van der Waals surface area (Å²) in [5, 5.41) is 5.55. The molecule has 1 aliphatic heterocycles. The van der Waals surface area contributed by atoms with Gasteiger partial charge in [0.15, 0.2) is 0 Å². The van der Waals surface area contributed by atoms with Crippen LogP contribution >= 0.6 is 0 Å². The third kappa shape index (κ3) is 7.42. The first-order valence-corrected chi connectivity index (χ1v) is 8.63. The van der Waals surface area contributed by atoms with Gasteiger partial charge < -0.3 is 24.8 Å². The Hall–Kier alpha value is -0.850. The van der Waals surface area contributed by atoms with E-state index in [1.165, 1.54) is 25.7 Å². The molecule has 22 heavy (non-hydrogen) atoms. The van der Waals surface area contributed by atoms with Crippen LogP contribution in [0.25, 0.3) is 0 Å². The van der Waals surface area contributed by atoms with E-state index in [0.29, 0.717) is 32.9 Å². The molecule has 0 aromatic heterocycles. The lowest BCUT2D eigenvalue weighted by Crippen LogP contribution is -2.39. The summed E-state index contributed by atoms with van der Waals surface area (Å²) in [5.41, 5.74) is 0. The molecule has 1 unspecified atom stereocenters. The van der Waals surface area contributed by atoms with Crippen molar-refractivity contribution in [3.63, 3.8) is 0 Å². The molecule has 2 fully saturated rings. The van der Waals surface area contributed by atoms with E-state index in [1.54, 1.807) is 0 Å². The minimum Gasteiger partial charge on any atom is -0.379 e. The van der Waals surface area contributed by atoms with Crippen LogP contribution in [0.5, 0.6) is 0 Å². The summed E-state index contributed by atoms with van der Waals surface area (Å²) < 4.78 is 16.5. The van der Waals surface area contributed by atoms with Gasteiger partial charge in [0.1, 0.15) is 0 Å². The van der Waals surface area contributed by atoms with Gasteiger partial charge in [0, 0.05) is 26.3 Å². The molecule has 6 nitrogen and oxygen atoms in total. The van der Waals surface area contributed by atoms with E-state index in [0.717, 1.165) is 32.0 Å². The molecule has 1 aliphatic carbocycles. The van der Waals surface area contributed by atoms with Crippen LogP contribution in [0.1, 0.15) is 38.5 Å². The number of carbonyl (C=O) groups excluding carboxylic acids is 1. The Balaban J connectivity index is 1.33. The van der Waals surface area contributed by atoms with E-state index < -0.39 is 0 Å². The second-order valence-electron chi connectivity index (χ2n) is 6.12. The zero-order valence-corrected chi connectivity index (χ0v) is 13.5. The maximum Gasteiger partial charge on any atom is 0.314 e. The largest absolute Gasteiger partial charge is 0.379 e. The number of carbonyl (C=O) groups is 1. The Labute approximate surface area is 133 Å². The third-order valence-corrected chi connectivity index (χ3v) is 4.22. The summed E-state index contributed by atoms with van der Waals surface area (Å²) in [7, 11) is 0. The minimum atomic E-state index is -0.162. The molecular formula is C16H30N2O4. The quantitative estimate of drug-likeness (QED) is 0.602. The zero-order chi connectivity index (χ0) is 15.5. The Morgan fingerprint density at radius 2 is 1.64 bits per heavy atom. The minimum absolute atomic E-state index is 0.162. The smallest absolute Gasteiger partial charge is 0.314 e. The van der Waals surface area contributed by atoms with Crippen LogP contribution in [0.4, 0.5) is 4.79 Å². The van der Waals surface area contributed by atoms with Gasteiger partial charge in [-0.3, -0.25) is 0 Å². The van der Waals surface area contributed by atoms with Crippen LogP contribution in [-0.4, -0.2) is 58.3 Å². The molecule has 0 bridgehead atoms. The van der Waals surface area contributed by atoms with Crippen LogP contribution in [-0.2, 0) is 14.2 Å². The third-order valence-electron chi connectivity index (χ3n) is 4.22. The molecule has 0 spiro atoms. The van der Waals surface area contributed by atoms with E-state index in [2.05, 4.69) is 10.6 Å². The molecule has 2 aliphatic rings. The molecule has 0 radical (unpaired) electrons. The number of hydrogen-bond acceptors (Lipinski definition) is 4. The highest BCUT2D eigenvalue weighted by atomic mass is 16.5. The molecule has 2 rings (SSSR count). The lowest BCUT2D eigenvalue weighted by atomic mass is 10.1. The number of amides is 2. The van der Waals surface area contributed by atoms with Gasteiger partial charge in [-0.05, 0) is 31.6 Å². The van der Waals surface area contributed by atoms with E-state index in [1.807, 2.05) is 0 Å². The highest BCUT2D eigenvalue weighted by molar-refractivity contribution is 5.73. The molecule has 0 aromatic rings. The SMILES string of the molecule is O=C(NCCOCC1CCCC1)NCCOCC1CCCO1. The Morgan fingerprint density at radius 3 is 2.27 bits per heavy atom. The fourth-order valence-electron chi connectivity index (χ4n) is 2.95. The second kappa shape index (κ2) is 10.8.